The van der Waals surface area contributed by atoms with Gasteiger partial charge in [-0.2, -0.15) is 21.6 Å². The third kappa shape index (κ3) is 5.86. The predicted molar refractivity (Wildman–Crippen MR) is 113 cm³/mol. The van der Waals surface area contributed by atoms with Gasteiger partial charge in [-0.3, -0.25) is 4.72 Å². The highest BCUT2D eigenvalue weighted by molar-refractivity contribution is 7.93. The summed E-state index contributed by atoms with van der Waals surface area (Å²) in [4.78, 5) is 5.23. The predicted octanol–water partition coefficient (Wildman–Crippen LogP) is 5.50. The molecule has 0 unspecified atom stereocenters. The molecule has 5 nitrogen and oxygen atoms in total. The molecule has 3 aromatic carbocycles. The van der Waals surface area contributed by atoms with Crippen molar-refractivity contribution in [3.05, 3.63) is 101 Å². The summed E-state index contributed by atoms with van der Waals surface area (Å²) in [5.74, 6) is -1.63. The lowest BCUT2D eigenvalue weighted by molar-refractivity contribution is -0.0429. The molecule has 174 valence electrons. The molecule has 0 saturated carbocycles. The molecule has 11 heteroatoms. The Labute approximate surface area is 186 Å². The minimum Gasteiger partial charge on any atom is -0.390 e. The molecular weight excluding hydrogens is 467 g/mol. The van der Waals surface area contributed by atoms with E-state index in [1.165, 1.54) is 22.9 Å². The molecule has 0 heterocycles. The second kappa shape index (κ2) is 9.57. The van der Waals surface area contributed by atoms with Crippen molar-refractivity contribution in [3.63, 3.8) is 0 Å². The molecule has 0 bridgehead atoms. The third-order valence-electron chi connectivity index (χ3n) is 4.42. The molecule has 0 aromatic heterocycles. The first-order valence-corrected chi connectivity index (χ1v) is 10.9. The Kier molecular flexibility index (Phi) is 7.01. The minimum absolute atomic E-state index is 0.00157. The van der Waals surface area contributed by atoms with Gasteiger partial charge in [-0.1, -0.05) is 47.1 Å². The average molecular weight is 484 g/mol. The molecule has 0 aliphatic heterocycles. The number of aryl methyl sites for hydroxylation is 1. The van der Waals surface area contributed by atoms with E-state index in [0.717, 1.165) is 12.1 Å². The summed E-state index contributed by atoms with van der Waals surface area (Å²) in [7, 11) is -5.71. The van der Waals surface area contributed by atoms with E-state index < -0.39 is 33.8 Å². The number of nitrogens with one attached hydrogen (secondary N) is 1. The highest BCUT2D eigenvalue weighted by atomic mass is 32.2. The molecule has 3 rings (SSSR count). The van der Waals surface area contributed by atoms with Crippen molar-refractivity contribution in [2.24, 2.45) is 5.16 Å². The minimum atomic E-state index is -5.71. The SMILES string of the molecule is Cc1ccc(NS(=O)(=O)C(F)(F)F)c(/C(=N/OCc2ccc(F)cc2F)c2ccccc2)c1. The molecule has 3 aromatic rings. The Hall–Kier alpha value is -3.47. The maximum absolute atomic E-state index is 13.9. The lowest BCUT2D eigenvalue weighted by Gasteiger charge is -2.16. The van der Waals surface area contributed by atoms with Gasteiger partial charge in [0.15, 0.2) is 0 Å². The van der Waals surface area contributed by atoms with Crippen molar-refractivity contribution < 1.29 is 35.2 Å². The molecule has 1 N–H and O–H groups in total. The molecule has 0 saturated heterocycles. The first-order chi connectivity index (χ1) is 15.5. The lowest BCUT2D eigenvalue weighted by Crippen LogP contribution is -2.30. The van der Waals surface area contributed by atoms with E-state index in [1.54, 1.807) is 37.3 Å². The fourth-order valence-electron chi connectivity index (χ4n) is 2.80. The molecule has 0 fully saturated rings. The van der Waals surface area contributed by atoms with Crippen LogP contribution in [0.5, 0.6) is 0 Å². The zero-order valence-corrected chi connectivity index (χ0v) is 17.8. The van der Waals surface area contributed by atoms with Gasteiger partial charge in [0.2, 0.25) is 0 Å². The van der Waals surface area contributed by atoms with Crippen LogP contribution >= 0.6 is 0 Å². The fourth-order valence-corrected chi connectivity index (χ4v) is 3.39. The van der Waals surface area contributed by atoms with Crippen molar-refractivity contribution in [3.8, 4) is 0 Å². The number of hydrogen-bond acceptors (Lipinski definition) is 4. The fraction of sp³-hybridized carbons (Fsp3) is 0.136. The van der Waals surface area contributed by atoms with Gasteiger partial charge in [0, 0.05) is 22.8 Å². The number of nitrogens with zero attached hydrogens (tertiary/aromatic N) is 1. The number of halogens is 5. The van der Waals surface area contributed by atoms with E-state index in [1.807, 2.05) is 0 Å². The second-order valence-electron chi connectivity index (χ2n) is 6.92. The Bertz CT molecular complexity index is 1280. The summed E-state index contributed by atoms with van der Waals surface area (Å²) in [6, 6.07) is 15.1. The highest BCUT2D eigenvalue weighted by Crippen LogP contribution is 2.29. The van der Waals surface area contributed by atoms with Crippen LogP contribution in [0.3, 0.4) is 0 Å². The van der Waals surface area contributed by atoms with E-state index in [4.69, 9.17) is 4.84 Å². The number of alkyl halides is 3. The van der Waals surface area contributed by atoms with Gasteiger partial charge < -0.3 is 4.84 Å². The van der Waals surface area contributed by atoms with E-state index in [9.17, 15) is 30.4 Å². The van der Waals surface area contributed by atoms with Gasteiger partial charge in [0.05, 0.1) is 5.69 Å². The molecule has 0 spiro atoms. The molecule has 0 aliphatic rings. The zero-order chi connectivity index (χ0) is 24.2. The number of hydrogen-bond donors (Lipinski definition) is 1. The monoisotopic (exact) mass is 484 g/mol. The summed E-state index contributed by atoms with van der Waals surface area (Å²) in [6.45, 7) is 1.25. The number of rotatable bonds is 7. The van der Waals surface area contributed by atoms with Crippen molar-refractivity contribution in [1.29, 1.82) is 0 Å². The van der Waals surface area contributed by atoms with Crippen molar-refractivity contribution in [2.45, 2.75) is 19.0 Å². The van der Waals surface area contributed by atoms with Gasteiger partial charge in [-0.25, -0.2) is 8.78 Å². The van der Waals surface area contributed by atoms with Crippen LogP contribution in [0.1, 0.15) is 22.3 Å². The summed E-state index contributed by atoms with van der Waals surface area (Å²) in [5.41, 5.74) is -4.90. The Morgan fingerprint density at radius 1 is 1.00 bits per heavy atom. The highest BCUT2D eigenvalue weighted by Gasteiger charge is 2.46. The van der Waals surface area contributed by atoms with Gasteiger partial charge >= 0.3 is 15.5 Å². The Morgan fingerprint density at radius 2 is 1.70 bits per heavy atom. The number of anilines is 1. The van der Waals surface area contributed by atoms with Crippen LogP contribution in [0, 0.1) is 18.6 Å². The Morgan fingerprint density at radius 3 is 2.33 bits per heavy atom. The number of oxime groups is 1. The van der Waals surface area contributed by atoms with E-state index >= 15 is 0 Å². The van der Waals surface area contributed by atoms with Crippen molar-refractivity contribution in [2.75, 3.05) is 4.72 Å². The van der Waals surface area contributed by atoms with Crippen LogP contribution in [0.25, 0.3) is 0 Å². The maximum atomic E-state index is 13.9. The molecule has 0 amide bonds. The van der Waals surface area contributed by atoms with Crippen LogP contribution < -0.4 is 4.72 Å². The molecule has 33 heavy (non-hydrogen) atoms. The van der Waals surface area contributed by atoms with E-state index in [0.29, 0.717) is 17.2 Å². The maximum Gasteiger partial charge on any atom is 0.516 e. The van der Waals surface area contributed by atoms with Crippen LogP contribution in [-0.2, 0) is 21.5 Å². The molecule has 0 aliphatic carbocycles. The standard InChI is InChI=1S/C22H17F5N2O3S/c1-14-7-10-20(29-33(30,31)22(25,26)27)18(11-14)21(15-5-3-2-4-6-15)28-32-13-16-8-9-17(23)12-19(16)24/h2-12,29H,13H2,1H3/b28-21+. The van der Waals surface area contributed by atoms with Crippen molar-refractivity contribution in [1.82, 2.24) is 0 Å². The molecule has 0 atom stereocenters. The van der Waals surface area contributed by atoms with Gasteiger partial charge in [0.1, 0.15) is 24.0 Å². The van der Waals surface area contributed by atoms with Crippen LogP contribution in [0.2, 0.25) is 0 Å². The second-order valence-corrected chi connectivity index (χ2v) is 8.59. The molecule has 0 radical (unpaired) electrons. The largest absolute Gasteiger partial charge is 0.516 e. The normalized spacial score (nSPS) is 12.5. The van der Waals surface area contributed by atoms with Gasteiger partial charge in [-0.05, 0) is 31.2 Å². The quantitative estimate of drug-likeness (QED) is 0.273. The average Bonchev–Trinajstić information content (AvgIpc) is 2.74. The number of benzene rings is 3. The van der Waals surface area contributed by atoms with Crippen LogP contribution in [0.15, 0.2) is 71.9 Å². The Balaban J connectivity index is 2.05. The third-order valence-corrected chi connectivity index (χ3v) is 5.52. The van der Waals surface area contributed by atoms with E-state index in [2.05, 4.69) is 5.16 Å². The number of sulfonamides is 1. The first kappa shape index (κ1) is 24.2. The van der Waals surface area contributed by atoms with Crippen LogP contribution in [-0.4, -0.2) is 19.6 Å². The summed E-state index contributed by atoms with van der Waals surface area (Å²) in [6.07, 6.45) is 0. The summed E-state index contributed by atoms with van der Waals surface area (Å²) in [5, 5.41) is 3.96. The van der Waals surface area contributed by atoms with Crippen molar-refractivity contribution >= 4 is 21.4 Å². The summed E-state index contributed by atoms with van der Waals surface area (Å²) < 4.78 is 90.8. The van der Waals surface area contributed by atoms with Gasteiger partial charge in [0.25, 0.3) is 0 Å². The topological polar surface area (TPSA) is 67.8 Å². The lowest BCUT2D eigenvalue weighted by atomic mass is 9.99. The van der Waals surface area contributed by atoms with E-state index in [-0.39, 0.29) is 22.5 Å². The van der Waals surface area contributed by atoms with Crippen LogP contribution in [0.4, 0.5) is 27.6 Å². The molecular formula is C22H17F5N2O3S. The first-order valence-electron chi connectivity index (χ1n) is 9.37. The summed E-state index contributed by atoms with van der Waals surface area (Å²) >= 11 is 0. The zero-order valence-electron chi connectivity index (χ0n) is 17.0. The smallest absolute Gasteiger partial charge is 0.390 e. The van der Waals surface area contributed by atoms with Gasteiger partial charge in [-0.15, -0.1) is 0 Å².